The monoisotopic (exact) mass is 507 g/mol. The molecule has 1 aromatic carbocycles. The molecule has 2 atom stereocenters. The first-order valence-corrected chi connectivity index (χ1v) is 13.2. The second-order valence-corrected chi connectivity index (χ2v) is 10.2. The quantitative estimate of drug-likeness (QED) is 0.485. The van der Waals surface area contributed by atoms with Crippen molar-refractivity contribution >= 4 is 35.6 Å². The number of carbonyl (C=O) groups is 4. The topological polar surface area (TPSA) is 105 Å². The van der Waals surface area contributed by atoms with Crippen LogP contribution in [0.25, 0.3) is 0 Å². The smallest absolute Gasteiger partial charge is 0.408 e. The summed E-state index contributed by atoms with van der Waals surface area (Å²) in [7, 11) is 0. The molecule has 0 aliphatic carbocycles. The minimum atomic E-state index is -0.779. The fourth-order valence-electron chi connectivity index (χ4n) is 3.88. The molecule has 0 spiro atoms. The van der Waals surface area contributed by atoms with Crippen LogP contribution in [-0.4, -0.2) is 89.6 Å². The zero-order chi connectivity index (χ0) is 26.0. The number of benzene rings is 1. The first kappa shape index (κ1) is 28.5. The predicted octanol–water partition coefficient (Wildman–Crippen LogP) is 2.48. The third kappa shape index (κ3) is 8.76. The Morgan fingerprint density at radius 3 is 2.46 bits per heavy atom. The molecule has 0 unspecified atom stereocenters. The SMILES string of the molecule is CCOC(=O)[C@@H](Cc1ccccc1)N1CCN(C(=O)CNC(=O)OC(C)(C)C)[C@H](CCSC)C1=O. The largest absolute Gasteiger partial charge is 0.464 e. The Hall–Kier alpha value is -2.75. The Balaban J connectivity index is 2.18. The molecule has 2 rings (SSSR count). The zero-order valence-electron chi connectivity index (χ0n) is 21.2. The molecule has 0 saturated carbocycles. The van der Waals surface area contributed by atoms with Crippen LogP contribution in [-0.2, 0) is 30.3 Å². The van der Waals surface area contributed by atoms with Gasteiger partial charge in [-0.05, 0) is 51.7 Å². The molecule has 1 heterocycles. The van der Waals surface area contributed by atoms with E-state index in [-0.39, 0.29) is 38.1 Å². The Kier molecular flexibility index (Phi) is 10.9. The van der Waals surface area contributed by atoms with Gasteiger partial charge in [-0.2, -0.15) is 11.8 Å². The summed E-state index contributed by atoms with van der Waals surface area (Å²) >= 11 is 1.57. The number of nitrogens with one attached hydrogen (secondary N) is 1. The molecule has 1 fully saturated rings. The van der Waals surface area contributed by atoms with Gasteiger partial charge in [-0.15, -0.1) is 0 Å². The number of rotatable bonds is 10. The Labute approximate surface area is 211 Å². The van der Waals surface area contributed by atoms with E-state index < -0.39 is 29.7 Å². The van der Waals surface area contributed by atoms with Crippen molar-refractivity contribution in [3.8, 4) is 0 Å². The van der Waals surface area contributed by atoms with Gasteiger partial charge in [0.15, 0.2) is 0 Å². The summed E-state index contributed by atoms with van der Waals surface area (Å²) in [5, 5.41) is 2.47. The van der Waals surface area contributed by atoms with Crippen LogP contribution < -0.4 is 5.32 Å². The van der Waals surface area contributed by atoms with Crippen molar-refractivity contribution in [1.82, 2.24) is 15.1 Å². The molecule has 3 amide bonds. The van der Waals surface area contributed by atoms with Gasteiger partial charge in [0.1, 0.15) is 24.2 Å². The number of esters is 1. The Morgan fingerprint density at radius 1 is 1.17 bits per heavy atom. The van der Waals surface area contributed by atoms with Crippen molar-refractivity contribution in [1.29, 1.82) is 0 Å². The second-order valence-electron chi connectivity index (χ2n) is 9.23. The first-order valence-electron chi connectivity index (χ1n) is 11.8. The van der Waals surface area contributed by atoms with E-state index in [0.717, 1.165) is 5.56 Å². The van der Waals surface area contributed by atoms with Crippen LogP contribution >= 0.6 is 11.8 Å². The summed E-state index contributed by atoms with van der Waals surface area (Å²) in [5.74, 6) is -0.452. The minimum Gasteiger partial charge on any atom is -0.464 e. The number of nitrogens with zero attached hydrogens (tertiary/aromatic N) is 2. The van der Waals surface area contributed by atoms with Gasteiger partial charge in [-0.25, -0.2) is 9.59 Å². The molecule has 35 heavy (non-hydrogen) atoms. The van der Waals surface area contributed by atoms with Crippen molar-refractivity contribution < 1.29 is 28.7 Å². The summed E-state index contributed by atoms with van der Waals surface area (Å²) in [4.78, 5) is 54.5. The van der Waals surface area contributed by atoms with E-state index in [4.69, 9.17) is 9.47 Å². The van der Waals surface area contributed by atoms with E-state index in [1.54, 1.807) is 44.4 Å². The maximum absolute atomic E-state index is 13.6. The maximum atomic E-state index is 13.6. The van der Waals surface area contributed by atoms with Crippen molar-refractivity contribution in [2.24, 2.45) is 0 Å². The molecule has 194 valence electrons. The van der Waals surface area contributed by atoms with Crippen LogP contribution in [0.15, 0.2) is 30.3 Å². The highest BCUT2D eigenvalue weighted by molar-refractivity contribution is 7.98. The number of amides is 3. The van der Waals surface area contributed by atoms with Gasteiger partial charge >= 0.3 is 12.1 Å². The molecule has 1 aliphatic rings. The molecule has 1 aliphatic heterocycles. The lowest BCUT2D eigenvalue weighted by molar-refractivity contribution is -0.162. The summed E-state index contributed by atoms with van der Waals surface area (Å²) in [6.07, 6.45) is 2.00. The highest BCUT2D eigenvalue weighted by Gasteiger charge is 2.42. The van der Waals surface area contributed by atoms with Crippen LogP contribution in [0.4, 0.5) is 4.79 Å². The molecular weight excluding hydrogens is 470 g/mol. The number of ether oxygens (including phenoxy) is 2. The fraction of sp³-hybridized carbons (Fsp3) is 0.600. The zero-order valence-corrected chi connectivity index (χ0v) is 22.1. The van der Waals surface area contributed by atoms with Gasteiger partial charge in [0.25, 0.3) is 0 Å². The van der Waals surface area contributed by atoms with Crippen molar-refractivity contribution in [2.45, 2.75) is 58.2 Å². The van der Waals surface area contributed by atoms with Gasteiger partial charge in [-0.1, -0.05) is 30.3 Å². The van der Waals surface area contributed by atoms with E-state index in [9.17, 15) is 19.2 Å². The summed E-state index contributed by atoms with van der Waals surface area (Å²) in [5.41, 5.74) is 0.232. The highest BCUT2D eigenvalue weighted by Crippen LogP contribution is 2.21. The van der Waals surface area contributed by atoms with Crippen LogP contribution in [0.3, 0.4) is 0 Å². The van der Waals surface area contributed by atoms with Crippen molar-refractivity contribution in [2.75, 3.05) is 38.2 Å². The van der Waals surface area contributed by atoms with E-state index in [1.807, 2.05) is 36.6 Å². The van der Waals surface area contributed by atoms with E-state index in [2.05, 4.69) is 5.32 Å². The first-order chi connectivity index (χ1) is 16.6. The van der Waals surface area contributed by atoms with Crippen LogP contribution in [0.2, 0.25) is 0 Å². The van der Waals surface area contributed by atoms with E-state index in [1.165, 1.54) is 4.90 Å². The molecule has 0 bridgehead atoms. The van der Waals surface area contributed by atoms with Gasteiger partial charge in [0, 0.05) is 19.5 Å². The van der Waals surface area contributed by atoms with Gasteiger partial charge < -0.3 is 24.6 Å². The molecule has 9 nitrogen and oxygen atoms in total. The molecule has 1 saturated heterocycles. The summed E-state index contributed by atoms with van der Waals surface area (Å²) < 4.78 is 10.5. The lowest BCUT2D eigenvalue weighted by Gasteiger charge is -2.43. The maximum Gasteiger partial charge on any atom is 0.408 e. The number of thioether (sulfide) groups is 1. The summed E-state index contributed by atoms with van der Waals surface area (Å²) in [6.45, 7) is 7.33. The average molecular weight is 508 g/mol. The third-order valence-electron chi connectivity index (χ3n) is 5.43. The van der Waals surface area contributed by atoms with Crippen LogP contribution in [0.1, 0.15) is 39.7 Å². The number of carbonyl (C=O) groups excluding carboxylic acids is 4. The Morgan fingerprint density at radius 2 is 1.86 bits per heavy atom. The highest BCUT2D eigenvalue weighted by atomic mass is 32.2. The fourth-order valence-corrected chi connectivity index (χ4v) is 4.34. The molecule has 1 N–H and O–H groups in total. The molecule has 0 aromatic heterocycles. The molecule has 10 heteroatoms. The lowest BCUT2D eigenvalue weighted by Crippen LogP contribution is -2.63. The minimum absolute atomic E-state index is 0.198. The summed E-state index contributed by atoms with van der Waals surface area (Å²) in [6, 6.07) is 7.97. The van der Waals surface area contributed by atoms with Crippen LogP contribution in [0, 0.1) is 0 Å². The van der Waals surface area contributed by atoms with Crippen LogP contribution in [0.5, 0.6) is 0 Å². The van der Waals surface area contributed by atoms with Crippen molar-refractivity contribution in [3.05, 3.63) is 35.9 Å². The number of hydrogen-bond acceptors (Lipinski definition) is 7. The van der Waals surface area contributed by atoms with Gasteiger partial charge in [-0.3, -0.25) is 9.59 Å². The normalized spacial score (nSPS) is 17.1. The standard InChI is InChI=1S/C25H37N3O6S/c1-6-33-23(31)20(16-18-10-8-7-9-11-18)28-14-13-27(19(22(28)30)12-15-35-5)21(29)17-26-24(32)34-25(2,3)4/h7-11,19-20H,6,12-17H2,1-5H3,(H,26,32)/t19-,20-/m1/s1. The van der Waals surface area contributed by atoms with Crippen molar-refractivity contribution in [3.63, 3.8) is 0 Å². The van der Waals surface area contributed by atoms with E-state index in [0.29, 0.717) is 18.6 Å². The number of hydrogen-bond donors (Lipinski definition) is 1. The van der Waals surface area contributed by atoms with Gasteiger partial charge in [0.2, 0.25) is 11.8 Å². The number of piperazine rings is 1. The second kappa shape index (κ2) is 13.4. The molecule has 0 radical (unpaired) electrons. The Bertz CT molecular complexity index is 874. The predicted molar refractivity (Wildman–Crippen MR) is 135 cm³/mol. The van der Waals surface area contributed by atoms with E-state index >= 15 is 0 Å². The third-order valence-corrected chi connectivity index (χ3v) is 6.08. The average Bonchev–Trinajstić information content (AvgIpc) is 2.80. The number of alkyl carbamates (subject to hydrolysis) is 1. The lowest BCUT2D eigenvalue weighted by atomic mass is 10.0. The molecule has 1 aromatic rings. The van der Waals surface area contributed by atoms with Gasteiger partial charge in [0.05, 0.1) is 6.61 Å². The molecular formula is C25H37N3O6S.